The number of fused-ring (bicyclic) bond motifs is 1. The van der Waals surface area contributed by atoms with Crippen molar-refractivity contribution in [2.24, 2.45) is 0 Å². The van der Waals surface area contributed by atoms with E-state index >= 15 is 0 Å². The largest absolute Gasteiger partial charge is 0.367 e. The maximum absolute atomic E-state index is 13.3. The van der Waals surface area contributed by atoms with Gasteiger partial charge in [0.2, 0.25) is 10.0 Å². The Morgan fingerprint density at radius 1 is 1.23 bits per heavy atom. The maximum atomic E-state index is 13.3. The summed E-state index contributed by atoms with van der Waals surface area (Å²) in [7, 11) is -1.34. The van der Waals surface area contributed by atoms with Crippen LogP contribution in [0.15, 0.2) is 17.2 Å². The summed E-state index contributed by atoms with van der Waals surface area (Å²) in [6.07, 6.45) is 0.654. The molecule has 0 amide bonds. The van der Waals surface area contributed by atoms with Crippen molar-refractivity contribution in [1.29, 1.82) is 0 Å². The molecular weight excluding hydrogens is 594 g/mol. The molecule has 11 nitrogen and oxygen atoms in total. The van der Waals surface area contributed by atoms with E-state index in [2.05, 4.69) is 19.9 Å². The molecule has 0 bridgehead atoms. The van der Waals surface area contributed by atoms with Gasteiger partial charge < -0.3 is 9.80 Å². The van der Waals surface area contributed by atoms with E-state index in [-0.39, 0.29) is 40.4 Å². The van der Waals surface area contributed by atoms with E-state index in [9.17, 15) is 21.4 Å². The SMILES string of the molecule is CN(C)CCS(=O)(=O)N1CCN(c2cc(S(=O)NC3(C)CC3)cn3c(-c4nnc(C(F)F)s4)nc(Cl)c23)CC1. The minimum atomic E-state index is -3.42. The Bertz CT molecular complexity index is 1500. The van der Waals surface area contributed by atoms with Gasteiger partial charge >= 0.3 is 0 Å². The molecule has 0 spiro atoms. The summed E-state index contributed by atoms with van der Waals surface area (Å²) in [6, 6.07) is 1.77. The molecule has 1 aliphatic heterocycles. The number of pyridine rings is 1. The van der Waals surface area contributed by atoms with Crippen LogP contribution >= 0.6 is 22.9 Å². The highest BCUT2D eigenvalue weighted by atomic mass is 35.5. The number of anilines is 1. The van der Waals surface area contributed by atoms with Crippen LogP contribution in [0.4, 0.5) is 14.5 Å². The fraction of sp³-hybridized carbons (Fsp3) is 0.591. The standard InChI is InChI=1S/C22H29ClF2N8O3S3/c1-22(4-5-22)29-38(34)14-12-15(31-6-8-32(9-7-31)39(35,36)11-10-30(2)3)16-17(23)26-19(33(16)13-14)21-28-27-20(37-21)18(24)25/h12-13,18,29H,4-11H2,1-3H3. The summed E-state index contributed by atoms with van der Waals surface area (Å²) in [5, 5.41) is 7.29. The molecule has 39 heavy (non-hydrogen) atoms. The third kappa shape index (κ3) is 6.11. The lowest BCUT2D eigenvalue weighted by Crippen LogP contribution is -2.50. The van der Waals surface area contributed by atoms with Crippen molar-refractivity contribution in [3.05, 3.63) is 22.4 Å². The molecule has 3 aromatic rings. The lowest BCUT2D eigenvalue weighted by Gasteiger charge is -2.36. The number of nitrogens with one attached hydrogen (secondary N) is 1. The summed E-state index contributed by atoms with van der Waals surface area (Å²) in [4.78, 5) is 8.66. The van der Waals surface area contributed by atoms with Crippen molar-refractivity contribution in [3.8, 4) is 10.8 Å². The van der Waals surface area contributed by atoms with Gasteiger partial charge in [-0.2, -0.15) is 4.31 Å². The van der Waals surface area contributed by atoms with Gasteiger partial charge in [0.15, 0.2) is 21.0 Å². The van der Waals surface area contributed by atoms with Crippen molar-refractivity contribution >= 4 is 55.2 Å². The molecule has 17 heteroatoms. The average Bonchev–Trinajstić information content (AvgIpc) is 3.27. The molecule has 2 aliphatic rings. The second kappa shape index (κ2) is 10.9. The fourth-order valence-electron chi connectivity index (χ4n) is 4.24. The molecule has 4 heterocycles. The number of aromatic nitrogens is 4. The zero-order chi connectivity index (χ0) is 28.1. The molecule has 1 saturated carbocycles. The van der Waals surface area contributed by atoms with Crippen LogP contribution in [0, 0.1) is 0 Å². The first-order valence-electron chi connectivity index (χ1n) is 12.3. The van der Waals surface area contributed by atoms with Crippen LogP contribution in [-0.4, -0.2) is 99.5 Å². The summed E-state index contributed by atoms with van der Waals surface area (Å²) in [5.41, 5.74) is 0.895. The van der Waals surface area contributed by atoms with Crippen molar-refractivity contribution in [3.63, 3.8) is 0 Å². The van der Waals surface area contributed by atoms with Gasteiger partial charge in [-0.25, -0.2) is 31.1 Å². The van der Waals surface area contributed by atoms with Crippen molar-refractivity contribution < 1.29 is 21.4 Å². The van der Waals surface area contributed by atoms with Crippen molar-refractivity contribution in [2.75, 3.05) is 57.5 Å². The van der Waals surface area contributed by atoms with Crippen LogP contribution < -0.4 is 9.62 Å². The molecule has 1 atom stereocenters. The number of nitrogens with zero attached hydrogens (tertiary/aromatic N) is 7. The van der Waals surface area contributed by atoms with Gasteiger partial charge in [0.1, 0.15) is 16.5 Å². The van der Waals surface area contributed by atoms with Gasteiger partial charge in [0.05, 0.1) is 16.3 Å². The average molecular weight is 623 g/mol. The Morgan fingerprint density at radius 3 is 2.51 bits per heavy atom. The number of imidazole rings is 1. The maximum Gasteiger partial charge on any atom is 0.291 e. The molecule has 2 fully saturated rings. The lowest BCUT2D eigenvalue weighted by molar-refractivity contribution is 0.150. The van der Waals surface area contributed by atoms with E-state index in [0.717, 1.165) is 12.8 Å². The monoisotopic (exact) mass is 622 g/mol. The first kappa shape index (κ1) is 28.7. The minimum absolute atomic E-state index is 0.0312. The van der Waals surface area contributed by atoms with E-state index < -0.39 is 32.4 Å². The Labute approximate surface area is 236 Å². The highest BCUT2D eigenvalue weighted by molar-refractivity contribution is 7.89. The smallest absolute Gasteiger partial charge is 0.291 e. The van der Waals surface area contributed by atoms with Gasteiger partial charge in [-0.1, -0.05) is 22.9 Å². The lowest BCUT2D eigenvalue weighted by atomic mass is 10.2. The van der Waals surface area contributed by atoms with Gasteiger partial charge in [0.25, 0.3) is 6.43 Å². The predicted octanol–water partition coefficient (Wildman–Crippen LogP) is 2.62. The Balaban J connectivity index is 1.51. The molecule has 1 saturated heterocycles. The van der Waals surface area contributed by atoms with Gasteiger partial charge in [-0.15, -0.1) is 10.2 Å². The Morgan fingerprint density at radius 2 is 1.92 bits per heavy atom. The third-order valence-corrected chi connectivity index (χ3v) is 11.2. The van der Waals surface area contributed by atoms with Crippen LogP contribution in [0.1, 0.15) is 31.2 Å². The molecule has 214 valence electrons. The summed E-state index contributed by atoms with van der Waals surface area (Å²) in [5.74, 6) is 0.241. The number of alkyl halides is 2. The normalized spacial score (nSPS) is 18.9. The van der Waals surface area contributed by atoms with Gasteiger partial charge in [0, 0.05) is 44.5 Å². The quantitative estimate of drug-likeness (QED) is 0.367. The number of halogens is 3. The van der Waals surface area contributed by atoms with Crippen LogP contribution in [0.5, 0.6) is 0 Å². The number of rotatable bonds is 10. The number of piperazine rings is 1. The van der Waals surface area contributed by atoms with Crippen LogP contribution in [0.3, 0.4) is 0 Å². The zero-order valence-corrected chi connectivity index (χ0v) is 24.8. The highest BCUT2D eigenvalue weighted by Crippen LogP contribution is 2.38. The summed E-state index contributed by atoms with van der Waals surface area (Å²) in [6.45, 7) is 3.73. The van der Waals surface area contributed by atoms with Crippen LogP contribution in [-0.2, 0) is 21.0 Å². The molecule has 1 aliphatic carbocycles. The fourth-order valence-corrected chi connectivity index (χ4v) is 7.96. The van der Waals surface area contributed by atoms with E-state index in [1.165, 1.54) is 4.31 Å². The molecule has 3 aromatic heterocycles. The first-order chi connectivity index (χ1) is 18.4. The molecule has 0 radical (unpaired) electrons. The zero-order valence-electron chi connectivity index (χ0n) is 21.6. The van der Waals surface area contributed by atoms with Gasteiger partial charge in [-0.3, -0.25) is 4.40 Å². The molecular formula is C22H29ClF2N8O3S3. The van der Waals surface area contributed by atoms with E-state index in [0.29, 0.717) is 47.1 Å². The minimum Gasteiger partial charge on any atom is -0.367 e. The second-order valence-electron chi connectivity index (χ2n) is 10.2. The first-order valence-corrected chi connectivity index (χ1v) is 16.2. The Kier molecular flexibility index (Phi) is 8.00. The van der Waals surface area contributed by atoms with Crippen molar-refractivity contribution in [2.45, 2.75) is 36.6 Å². The predicted molar refractivity (Wildman–Crippen MR) is 147 cm³/mol. The number of sulfonamides is 1. The highest BCUT2D eigenvalue weighted by Gasteiger charge is 2.39. The number of hydrogen-bond acceptors (Lipinski definition) is 9. The topological polar surface area (TPSA) is 116 Å². The molecule has 1 N–H and O–H groups in total. The summed E-state index contributed by atoms with van der Waals surface area (Å²) >= 11 is 7.30. The molecule has 5 rings (SSSR count). The van der Waals surface area contributed by atoms with Crippen LogP contribution in [0.25, 0.3) is 16.3 Å². The summed E-state index contributed by atoms with van der Waals surface area (Å²) < 4.78 is 71.6. The van der Waals surface area contributed by atoms with Gasteiger partial charge in [-0.05, 0) is 39.9 Å². The molecule has 1 unspecified atom stereocenters. The van der Waals surface area contributed by atoms with E-state index in [1.54, 1.807) is 16.7 Å². The van der Waals surface area contributed by atoms with Crippen molar-refractivity contribution in [1.82, 2.24) is 33.5 Å². The van der Waals surface area contributed by atoms with E-state index in [1.807, 2.05) is 30.8 Å². The second-order valence-corrected chi connectivity index (χ2v) is 14.9. The van der Waals surface area contributed by atoms with Crippen LogP contribution in [0.2, 0.25) is 5.15 Å². The Hall–Kier alpha value is -1.82. The third-order valence-electron chi connectivity index (χ3n) is 6.79. The number of hydrogen-bond donors (Lipinski definition) is 1. The van der Waals surface area contributed by atoms with E-state index in [4.69, 9.17) is 11.6 Å². The molecule has 0 aromatic carbocycles.